The lowest BCUT2D eigenvalue weighted by Gasteiger charge is -1.99. The van der Waals surface area contributed by atoms with Gasteiger partial charge in [0.2, 0.25) is 0 Å². The SMILES string of the molecule is N#CCOc1cccnc1F. The Balaban J connectivity index is 2.71. The summed E-state index contributed by atoms with van der Waals surface area (Å²) in [6.07, 6.45) is 1.31. The topological polar surface area (TPSA) is 45.9 Å². The molecule has 0 atom stereocenters. The highest BCUT2D eigenvalue weighted by Crippen LogP contribution is 2.11. The van der Waals surface area contributed by atoms with Crippen LogP contribution >= 0.6 is 0 Å². The van der Waals surface area contributed by atoms with Crippen LogP contribution in [0, 0.1) is 17.3 Å². The minimum atomic E-state index is -0.692. The standard InChI is InChI=1S/C7H5FN2O/c8-7-6(11-5-3-9)2-1-4-10-7/h1-2,4H,5H2. The van der Waals surface area contributed by atoms with Crippen molar-refractivity contribution in [1.29, 1.82) is 5.26 Å². The van der Waals surface area contributed by atoms with Crippen molar-refractivity contribution in [3.63, 3.8) is 0 Å². The number of nitrogens with zero attached hydrogens (tertiary/aromatic N) is 2. The molecule has 0 amide bonds. The van der Waals surface area contributed by atoms with Crippen molar-refractivity contribution in [2.75, 3.05) is 6.61 Å². The van der Waals surface area contributed by atoms with Crippen LogP contribution in [-0.2, 0) is 0 Å². The average Bonchev–Trinajstić information content (AvgIpc) is 2.03. The van der Waals surface area contributed by atoms with E-state index in [1.807, 2.05) is 0 Å². The predicted molar refractivity (Wildman–Crippen MR) is 35.3 cm³/mol. The summed E-state index contributed by atoms with van der Waals surface area (Å²) in [4.78, 5) is 3.33. The molecule has 0 aromatic carbocycles. The fraction of sp³-hybridized carbons (Fsp3) is 0.143. The largest absolute Gasteiger partial charge is 0.474 e. The van der Waals surface area contributed by atoms with Gasteiger partial charge in [-0.25, -0.2) is 4.98 Å². The summed E-state index contributed by atoms with van der Waals surface area (Å²) in [7, 11) is 0. The van der Waals surface area contributed by atoms with Gasteiger partial charge < -0.3 is 4.74 Å². The molecule has 0 N–H and O–H groups in total. The van der Waals surface area contributed by atoms with Gasteiger partial charge in [0.25, 0.3) is 5.95 Å². The fourth-order valence-corrected chi connectivity index (χ4v) is 0.589. The van der Waals surface area contributed by atoms with E-state index < -0.39 is 5.95 Å². The van der Waals surface area contributed by atoms with E-state index in [9.17, 15) is 4.39 Å². The van der Waals surface area contributed by atoms with Gasteiger partial charge in [-0.3, -0.25) is 0 Å². The van der Waals surface area contributed by atoms with Crippen molar-refractivity contribution in [1.82, 2.24) is 4.98 Å². The molecule has 0 aliphatic carbocycles. The zero-order valence-corrected chi connectivity index (χ0v) is 5.62. The van der Waals surface area contributed by atoms with Gasteiger partial charge in [-0.1, -0.05) is 0 Å². The summed E-state index contributed by atoms with van der Waals surface area (Å²) < 4.78 is 17.3. The van der Waals surface area contributed by atoms with Crippen LogP contribution in [-0.4, -0.2) is 11.6 Å². The zero-order chi connectivity index (χ0) is 8.10. The third-order valence-electron chi connectivity index (χ3n) is 1.02. The van der Waals surface area contributed by atoms with Crippen LogP contribution in [0.15, 0.2) is 18.3 Å². The van der Waals surface area contributed by atoms with Gasteiger partial charge in [0.1, 0.15) is 6.07 Å². The molecule has 0 aliphatic rings. The predicted octanol–water partition coefficient (Wildman–Crippen LogP) is 1.12. The molecule has 56 valence electrons. The third-order valence-corrected chi connectivity index (χ3v) is 1.02. The lowest BCUT2D eigenvalue weighted by atomic mass is 10.4. The summed E-state index contributed by atoms with van der Waals surface area (Å²) in [6, 6.07) is 4.68. The molecule has 1 aromatic rings. The summed E-state index contributed by atoms with van der Waals surface area (Å²) >= 11 is 0. The van der Waals surface area contributed by atoms with E-state index in [0.29, 0.717) is 0 Å². The van der Waals surface area contributed by atoms with E-state index in [1.165, 1.54) is 18.3 Å². The number of rotatable bonds is 2. The Labute approximate surface area is 63.1 Å². The average molecular weight is 152 g/mol. The first-order chi connectivity index (χ1) is 5.34. The lowest BCUT2D eigenvalue weighted by molar-refractivity contribution is 0.340. The minimum absolute atomic E-state index is 0.00838. The molecule has 1 rings (SSSR count). The molecule has 3 nitrogen and oxygen atoms in total. The first-order valence-electron chi connectivity index (χ1n) is 2.95. The van der Waals surface area contributed by atoms with Crippen molar-refractivity contribution < 1.29 is 9.13 Å². The summed E-state index contributed by atoms with van der Waals surface area (Å²) in [5.41, 5.74) is 0. The quantitative estimate of drug-likeness (QED) is 0.596. The number of aromatic nitrogens is 1. The summed E-state index contributed by atoms with van der Waals surface area (Å²) in [5.74, 6) is -0.684. The highest BCUT2D eigenvalue weighted by Gasteiger charge is 2.00. The zero-order valence-electron chi connectivity index (χ0n) is 5.62. The van der Waals surface area contributed by atoms with E-state index in [4.69, 9.17) is 5.26 Å². The molecule has 0 saturated carbocycles. The molecule has 0 fully saturated rings. The van der Waals surface area contributed by atoms with Crippen molar-refractivity contribution in [3.8, 4) is 11.8 Å². The molecular weight excluding hydrogens is 147 g/mol. The minimum Gasteiger partial charge on any atom is -0.474 e. The molecule has 4 heteroatoms. The lowest BCUT2D eigenvalue weighted by Crippen LogP contribution is -1.96. The van der Waals surface area contributed by atoms with Gasteiger partial charge in [0.15, 0.2) is 12.4 Å². The second kappa shape index (κ2) is 3.52. The molecule has 0 unspecified atom stereocenters. The van der Waals surface area contributed by atoms with E-state index in [1.54, 1.807) is 6.07 Å². The number of pyridine rings is 1. The molecule has 1 heterocycles. The van der Waals surface area contributed by atoms with Crippen LogP contribution in [0.5, 0.6) is 5.75 Å². The Kier molecular flexibility index (Phi) is 2.39. The number of hydrogen-bond acceptors (Lipinski definition) is 3. The molecule has 0 spiro atoms. The summed E-state index contributed by atoms with van der Waals surface area (Å²) in [5, 5.41) is 8.10. The van der Waals surface area contributed by atoms with Crippen molar-refractivity contribution in [2.24, 2.45) is 0 Å². The number of halogens is 1. The van der Waals surface area contributed by atoms with Gasteiger partial charge in [-0.2, -0.15) is 9.65 Å². The highest BCUT2D eigenvalue weighted by molar-refractivity contribution is 5.18. The molecule has 0 radical (unpaired) electrons. The first-order valence-corrected chi connectivity index (χ1v) is 2.95. The normalized spacial score (nSPS) is 8.73. The van der Waals surface area contributed by atoms with Gasteiger partial charge in [-0.05, 0) is 12.1 Å². The smallest absolute Gasteiger partial charge is 0.255 e. The maximum atomic E-state index is 12.6. The molecule has 11 heavy (non-hydrogen) atoms. The van der Waals surface area contributed by atoms with Crippen LogP contribution in [0.25, 0.3) is 0 Å². The molecular formula is C7H5FN2O. The number of nitriles is 1. The summed E-state index contributed by atoms with van der Waals surface area (Å²) in [6.45, 7) is -0.164. The Morgan fingerprint density at radius 1 is 1.73 bits per heavy atom. The van der Waals surface area contributed by atoms with Crippen LogP contribution in [0.4, 0.5) is 4.39 Å². The Morgan fingerprint density at radius 3 is 3.18 bits per heavy atom. The highest BCUT2D eigenvalue weighted by atomic mass is 19.1. The van der Waals surface area contributed by atoms with E-state index in [-0.39, 0.29) is 12.4 Å². The van der Waals surface area contributed by atoms with Crippen molar-refractivity contribution in [2.45, 2.75) is 0 Å². The van der Waals surface area contributed by atoms with Crippen molar-refractivity contribution in [3.05, 3.63) is 24.3 Å². The molecule has 1 aromatic heterocycles. The van der Waals surface area contributed by atoms with Gasteiger partial charge in [-0.15, -0.1) is 0 Å². The second-order valence-corrected chi connectivity index (χ2v) is 1.74. The van der Waals surface area contributed by atoms with Crippen LogP contribution in [0.3, 0.4) is 0 Å². The maximum Gasteiger partial charge on any atom is 0.255 e. The Hall–Kier alpha value is -1.63. The molecule has 0 bridgehead atoms. The maximum absolute atomic E-state index is 12.6. The van der Waals surface area contributed by atoms with E-state index >= 15 is 0 Å². The van der Waals surface area contributed by atoms with Crippen LogP contribution < -0.4 is 4.74 Å². The first kappa shape index (κ1) is 7.48. The third kappa shape index (κ3) is 1.90. The molecule has 0 saturated heterocycles. The monoisotopic (exact) mass is 152 g/mol. The van der Waals surface area contributed by atoms with E-state index in [2.05, 4.69) is 9.72 Å². The van der Waals surface area contributed by atoms with Gasteiger partial charge >= 0.3 is 0 Å². The number of hydrogen-bond donors (Lipinski definition) is 0. The van der Waals surface area contributed by atoms with Gasteiger partial charge in [0, 0.05) is 6.20 Å². The second-order valence-electron chi connectivity index (χ2n) is 1.74. The fourth-order valence-electron chi connectivity index (χ4n) is 0.589. The van der Waals surface area contributed by atoms with Gasteiger partial charge in [0.05, 0.1) is 0 Å². The Morgan fingerprint density at radius 2 is 2.55 bits per heavy atom. The van der Waals surface area contributed by atoms with Crippen molar-refractivity contribution >= 4 is 0 Å². The van der Waals surface area contributed by atoms with Crippen LogP contribution in [0.2, 0.25) is 0 Å². The Bertz CT molecular complexity index is 282. The number of ether oxygens (including phenoxy) is 1. The molecule has 0 aliphatic heterocycles. The van der Waals surface area contributed by atoms with E-state index in [0.717, 1.165) is 0 Å². The van der Waals surface area contributed by atoms with Crippen LogP contribution in [0.1, 0.15) is 0 Å².